The molecular formula is C13H22N4OS. The van der Waals surface area contributed by atoms with Gasteiger partial charge < -0.3 is 16.0 Å². The van der Waals surface area contributed by atoms with Crippen LogP contribution in [0, 0.1) is 0 Å². The maximum Gasteiger partial charge on any atom is 0.221 e. The molecule has 1 amide bonds. The lowest BCUT2D eigenvalue weighted by Crippen LogP contribution is -2.31. The van der Waals surface area contributed by atoms with E-state index in [0.717, 1.165) is 30.3 Å². The van der Waals surface area contributed by atoms with Crippen LogP contribution in [0.4, 0.5) is 5.13 Å². The zero-order valence-electron chi connectivity index (χ0n) is 11.4. The van der Waals surface area contributed by atoms with Crippen molar-refractivity contribution in [3.05, 3.63) is 11.1 Å². The Morgan fingerprint density at radius 1 is 1.58 bits per heavy atom. The van der Waals surface area contributed by atoms with Gasteiger partial charge in [-0.25, -0.2) is 4.98 Å². The number of nitrogens with zero attached hydrogens (tertiary/aromatic N) is 2. The zero-order valence-corrected chi connectivity index (χ0v) is 12.2. The average molecular weight is 282 g/mol. The molecule has 106 valence electrons. The number of carbonyl (C=O) groups is 1. The van der Waals surface area contributed by atoms with Gasteiger partial charge in [-0.05, 0) is 19.8 Å². The van der Waals surface area contributed by atoms with E-state index < -0.39 is 0 Å². The van der Waals surface area contributed by atoms with Crippen molar-refractivity contribution in [2.45, 2.75) is 38.6 Å². The SMILES string of the molecule is CC(N)CC(=O)NCCc1csc(N2CCCC2)n1. The molecule has 1 aromatic heterocycles. The van der Waals surface area contributed by atoms with E-state index in [-0.39, 0.29) is 11.9 Å². The topological polar surface area (TPSA) is 71.2 Å². The number of anilines is 1. The second kappa shape index (κ2) is 6.86. The molecule has 1 aliphatic rings. The number of thiazole rings is 1. The van der Waals surface area contributed by atoms with E-state index in [4.69, 9.17) is 5.73 Å². The van der Waals surface area contributed by atoms with Crippen LogP contribution in [0.2, 0.25) is 0 Å². The van der Waals surface area contributed by atoms with Crippen molar-refractivity contribution in [3.63, 3.8) is 0 Å². The lowest BCUT2D eigenvalue weighted by atomic mass is 10.2. The van der Waals surface area contributed by atoms with E-state index in [2.05, 4.69) is 20.6 Å². The van der Waals surface area contributed by atoms with Gasteiger partial charge in [0.2, 0.25) is 5.91 Å². The zero-order chi connectivity index (χ0) is 13.7. The van der Waals surface area contributed by atoms with Crippen molar-refractivity contribution in [3.8, 4) is 0 Å². The van der Waals surface area contributed by atoms with E-state index in [0.29, 0.717) is 13.0 Å². The van der Waals surface area contributed by atoms with Crippen LogP contribution in [0.1, 0.15) is 31.9 Å². The molecule has 0 aromatic carbocycles. The summed E-state index contributed by atoms with van der Waals surface area (Å²) in [6.07, 6.45) is 3.70. The molecular weight excluding hydrogens is 260 g/mol. The summed E-state index contributed by atoms with van der Waals surface area (Å²) in [6.45, 7) is 4.72. The number of hydrogen-bond acceptors (Lipinski definition) is 5. The Kier molecular flexibility index (Phi) is 5.15. The highest BCUT2D eigenvalue weighted by Gasteiger charge is 2.15. The molecule has 0 radical (unpaired) electrons. The van der Waals surface area contributed by atoms with Crippen molar-refractivity contribution in [1.29, 1.82) is 0 Å². The fourth-order valence-corrected chi connectivity index (χ4v) is 3.07. The van der Waals surface area contributed by atoms with Crippen LogP contribution in [0.15, 0.2) is 5.38 Å². The van der Waals surface area contributed by atoms with Crippen LogP contribution in [0.25, 0.3) is 0 Å². The summed E-state index contributed by atoms with van der Waals surface area (Å²) in [5.41, 5.74) is 6.64. The molecule has 19 heavy (non-hydrogen) atoms. The van der Waals surface area contributed by atoms with Gasteiger partial charge in [-0.2, -0.15) is 0 Å². The van der Waals surface area contributed by atoms with Crippen molar-refractivity contribution in [2.24, 2.45) is 5.73 Å². The molecule has 6 heteroatoms. The second-order valence-corrected chi connectivity index (χ2v) is 5.93. The molecule has 0 bridgehead atoms. The molecule has 1 unspecified atom stereocenters. The van der Waals surface area contributed by atoms with Crippen molar-refractivity contribution < 1.29 is 4.79 Å². The van der Waals surface area contributed by atoms with Crippen molar-refractivity contribution in [1.82, 2.24) is 10.3 Å². The first-order chi connectivity index (χ1) is 9.15. The highest BCUT2D eigenvalue weighted by Crippen LogP contribution is 2.24. The first kappa shape index (κ1) is 14.3. The summed E-state index contributed by atoms with van der Waals surface area (Å²) in [7, 11) is 0. The van der Waals surface area contributed by atoms with Crippen LogP contribution in [-0.4, -0.2) is 36.6 Å². The van der Waals surface area contributed by atoms with Gasteiger partial charge in [0.1, 0.15) is 0 Å². The van der Waals surface area contributed by atoms with Crippen molar-refractivity contribution in [2.75, 3.05) is 24.5 Å². The summed E-state index contributed by atoms with van der Waals surface area (Å²) in [5, 5.41) is 6.08. The maximum absolute atomic E-state index is 11.4. The number of aromatic nitrogens is 1. The molecule has 5 nitrogen and oxygen atoms in total. The molecule has 1 aromatic rings. The van der Waals surface area contributed by atoms with Gasteiger partial charge in [-0.15, -0.1) is 11.3 Å². The Hall–Kier alpha value is -1.14. The molecule has 1 fully saturated rings. The minimum atomic E-state index is -0.0824. The number of rotatable bonds is 6. The fourth-order valence-electron chi connectivity index (χ4n) is 2.16. The number of amides is 1. The van der Waals surface area contributed by atoms with Crippen LogP contribution >= 0.6 is 11.3 Å². The minimum absolute atomic E-state index is 0.0185. The monoisotopic (exact) mass is 282 g/mol. The second-order valence-electron chi connectivity index (χ2n) is 5.10. The summed E-state index contributed by atoms with van der Waals surface area (Å²) >= 11 is 1.70. The van der Waals surface area contributed by atoms with Crippen LogP contribution in [-0.2, 0) is 11.2 Å². The van der Waals surface area contributed by atoms with E-state index in [1.165, 1.54) is 12.8 Å². The first-order valence-electron chi connectivity index (χ1n) is 6.87. The quantitative estimate of drug-likeness (QED) is 0.821. The van der Waals surface area contributed by atoms with Crippen molar-refractivity contribution >= 4 is 22.4 Å². The number of carbonyl (C=O) groups excluding carboxylic acids is 1. The lowest BCUT2D eigenvalue weighted by Gasteiger charge is -2.12. The standard InChI is InChI=1S/C13H22N4OS/c1-10(14)8-12(18)15-5-4-11-9-19-13(16-11)17-6-2-3-7-17/h9-10H,2-8,14H2,1H3,(H,15,18). The first-order valence-corrected chi connectivity index (χ1v) is 7.75. The highest BCUT2D eigenvalue weighted by molar-refractivity contribution is 7.13. The van der Waals surface area contributed by atoms with E-state index >= 15 is 0 Å². The van der Waals surface area contributed by atoms with Gasteiger partial charge in [0.15, 0.2) is 5.13 Å². The Bertz CT molecular complexity index is 413. The number of nitrogens with two attached hydrogens (primary N) is 1. The van der Waals surface area contributed by atoms with Gasteiger partial charge in [-0.3, -0.25) is 4.79 Å². The Morgan fingerprint density at radius 3 is 3.00 bits per heavy atom. The molecule has 0 aliphatic carbocycles. The number of nitrogens with one attached hydrogen (secondary N) is 1. The Labute approximate surface area is 118 Å². The Morgan fingerprint density at radius 2 is 2.32 bits per heavy atom. The molecule has 1 aliphatic heterocycles. The van der Waals surface area contributed by atoms with Gasteiger partial charge in [0.05, 0.1) is 5.69 Å². The molecule has 0 saturated carbocycles. The molecule has 1 atom stereocenters. The predicted octanol–water partition coefficient (Wildman–Crippen LogP) is 1.14. The van der Waals surface area contributed by atoms with Crippen LogP contribution < -0.4 is 16.0 Å². The smallest absolute Gasteiger partial charge is 0.221 e. The van der Waals surface area contributed by atoms with E-state index in [1.54, 1.807) is 11.3 Å². The maximum atomic E-state index is 11.4. The third kappa shape index (κ3) is 4.47. The minimum Gasteiger partial charge on any atom is -0.356 e. The lowest BCUT2D eigenvalue weighted by molar-refractivity contribution is -0.121. The molecule has 2 rings (SSSR count). The Balaban J connectivity index is 1.72. The highest BCUT2D eigenvalue weighted by atomic mass is 32.1. The summed E-state index contributed by atoms with van der Waals surface area (Å²) in [5.74, 6) is 0.0185. The summed E-state index contributed by atoms with van der Waals surface area (Å²) in [4.78, 5) is 18.4. The summed E-state index contributed by atoms with van der Waals surface area (Å²) in [6, 6.07) is -0.0824. The predicted molar refractivity (Wildman–Crippen MR) is 78.5 cm³/mol. The number of hydrogen-bond donors (Lipinski definition) is 2. The van der Waals surface area contributed by atoms with Gasteiger partial charge in [0.25, 0.3) is 0 Å². The van der Waals surface area contributed by atoms with Crippen LogP contribution in [0.5, 0.6) is 0 Å². The fraction of sp³-hybridized carbons (Fsp3) is 0.692. The normalized spacial score (nSPS) is 16.6. The van der Waals surface area contributed by atoms with Gasteiger partial charge in [0, 0.05) is 43.9 Å². The summed E-state index contributed by atoms with van der Waals surface area (Å²) < 4.78 is 0. The molecule has 2 heterocycles. The average Bonchev–Trinajstić information content (AvgIpc) is 2.97. The molecule has 3 N–H and O–H groups in total. The largest absolute Gasteiger partial charge is 0.356 e. The van der Waals surface area contributed by atoms with E-state index in [1.807, 2.05) is 6.92 Å². The third-order valence-corrected chi connectivity index (χ3v) is 4.08. The van der Waals surface area contributed by atoms with Gasteiger partial charge in [-0.1, -0.05) is 0 Å². The third-order valence-electron chi connectivity index (χ3n) is 3.13. The van der Waals surface area contributed by atoms with Gasteiger partial charge >= 0.3 is 0 Å². The van der Waals surface area contributed by atoms with E-state index in [9.17, 15) is 4.79 Å². The molecule has 0 spiro atoms. The molecule has 1 saturated heterocycles. The van der Waals surface area contributed by atoms with Crippen LogP contribution in [0.3, 0.4) is 0 Å².